The Hall–Kier alpha value is -1.16. The predicted octanol–water partition coefficient (Wildman–Crippen LogP) is 4.85. The summed E-state index contributed by atoms with van der Waals surface area (Å²) in [5.74, 6) is 0. The molecule has 1 aromatic carbocycles. The molecule has 0 radical (unpaired) electrons. The minimum absolute atomic E-state index is 0.319. The van der Waals surface area contributed by atoms with Crippen LogP contribution >= 0.6 is 34.8 Å². The molecule has 1 aromatic rings. The first-order valence-corrected chi connectivity index (χ1v) is 6.55. The van der Waals surface area contributed by atoms with Crippen LogP contribution in [-0.4, -0.2) is 24.0 Å². The molecule has 0 fully saturated rings. The molecule has 19 heavy (non-hydrogen) atoms. The highest BCUT2D eigenvalue weighted by atomic mass is 35.5. The molecule has 3 nitrogen and oxygen atoms in total. The molecule has 0 unspecified atom stereocenters. The van der Waals surface area contributed by atoms with E-state index in [1.807, 2.05) is 0 Å². The molecule has 102 valence electrons. The van der Waals surface area contributed by atoms with E-state index in [0.29, 0.717) is 33.8 Å². The third-order valence-electron chi connectivity index (χ3n) is 2.24. The van der Waals surface area contributed by atoms with Gasteiger partial charge in [-0.1, -0.05) is 47.0 Å². The Morgan fingerprint density at radius 1 is 1.11 bits per heavy atom. The number of nitrogens with zero attached hydrogens (tertiary/aromatic N) is 1. The number of nitrogens with one attached hydrogen (secondary N) is 1. The van der Waals surface area contributed by atoms with E-state index in [2.05, 4.69) is 18.5 Å². The monoisotopic (exact) mass is 318 g/mol. The average Bonchev–Trinajstić information content (AvgIpc) is 2.35. The van der Waals surface area contributed by atoms with Gasteiger partial charge in [0.05, 0.1) is 20.8 Å². The molecule has 0 aliphatic heterocycles. The Balaban J connectivity index is 2.88. The number of rotatable bonds is 5. The zero-order valence-electron chi connectivity index (χ0n) is 10.1. The van der Waals surface area contributed by atoms with Crippen molar-refractivity contribution in [1.82, 2.24) is 4.90 Å². The van der Waals surface area contributed by atoms with Gasteiger partial charge in [0.25, 0.3) is 0 Å². The van der Waals surface area contributed by atoms with E-state index >= 15 is 0 Å². The van der Waals surface area contributed by atoms with Gasteiger partial charge in [0.1, 0.15) is 0 Å². The highest BCUT2D eigenvalue weighted by Crippen LogP contribution is 2.32. The Morgan fingerprint density at radius 2 is 1.63 bits per heavy atom. The number of halogens is 3. The fourth-order valence-corrected chi connectivity index (χ4v) is 1.96. The molecule has 0 heterocycles. The summed E-state index contributed by atoms with van der Waals surface area (Å²) in [6.07, 6.45) is 3.25. The maximum Gasteiger partial charge on any atom is 0.322 e. The number of carbonyl (C=O) groups excluding carboxylic acids is 1. The Kier molecular flexibility index (Phi) is 6.22. The first kappa shape index (κ1) is 15.9. The van der Waals surface area contributed by atoms with Gasteiger partial charge in [-0.05, 0) is 12.1 Å². The van der Waals surface area contributed by atoms with Crippen LogP contribution in [0.3, 0.4) is 0 Å². The van der Waals surface area contributed by atoms with Gasteiger partial charge >= 0.3 is 6.03 Å². The van der Waals surface area contributed by atoms with Crippen LogP contribution in [0.25, 0.3) is 0 Å². The van der Waals surface area contributed by atoms with Gasteiger partial charge in [0, 0.05) is 13.1 Å². The molecule has 0 atom stereocenters. The number of benzene rings is 1. The summed E-state index contributed by atoms with van der Waals surface area (Å²) in [7, 11) is 0. The molecule has 1 N–H and O–H groups in total. The van der Waals surface area contributed by atoms with E-state index in [0.717, 1.165) is 0 Å². The van der Waals surface area contributed by atoms with Crippen molar-refractivity contribution in [1.29, 1.82) is 0 Å². The number of amides is 2. The molecule has 0 spiro atoms. The molecule has 0 aliphatic carbocycles. The second-order valence-corrected chi connectivity index (χ2v) is 4.88. The van der Waals surface area contributed by atoms with Gasteiger partial charge in [-0.25, -0.2) is 4.79 Å². The van der Waals surface area contributed by atoms with Crippen molar-refractivity contribution in [2.24, 2.45) is 0 Å². The maximum atomic E-state index is 12.0. The zero-order chi connectivity index (χ0) is 14.4. The average molecular weight is 320 g/mol. The summed E-state index contributed by atoms with van der Waals surface area (Å²) in [5, 5.41) is 3.64. The van der Waals surface area contributed by atoms with Crippen molar-refractivity contribution >= 4 is 46.5 Å². The fraction of sp³-hybridized carbons (Fsp3) is 0.154. The number of anilines is 1. The van der Waals surface area contributed by atoms with E-state index in [-0.39, 0.29) is 6.03 Å². The van der Waals surface area contributed by atoms with Crippen LogP contribution in [0.4, 0.5) is 10.5 Å². The van der Waals surface area contributed by atoms with Crippen LogP contribution in [0.1, 0.15) is 0 Å². The second kappa shape index (κ2) is 7.43. The molecule has 0 aromatic heterocycles. The van der Waals surface area contributed by atoms with Crippen LogP contribution in [0, 0.1) is 0 Å². The molecule has 1 rings (SSSR count). The molecular weight excluding hydrogens is 307 g/mol. The number of carbonyl (C=O) groups is 1. The lowest BCUT2D eigenvalue weighted by atomic mass is 10.3. The van der Waals surface area contributed by atoms with E-state index < -0.39 is 0 Å². The van der Waals surface area contributed by atoms with E-state index in [4.69, 9.17) is 34.8 Å². The van der Waals surface area contributed by atoms with Crippen molar-refractivity contribution in [3.63, 3.8) is 0 Å². The third-order valence-corrected chi connectivity index (χ3v) is 3.27. The lowest BCUT2D eigenvalue weighted by Crippen LogP contribution is -2.35. The molecule has 0 bridgehead atoms. The summed E-state index contributed by atoms with van der Waals surface area (Å²) < 4.78 is 0. The van der Waals surface area contributed by atoms with Crippen molar-refractivity contribution in [2.45, 2.75) is 0 Å². The molecule has 0 saturated heterocycles. The second-order valence-electron chi connectivity index (χ2n) is 3.66. The minimum Gasteiger partial charge on any atom is -0.317 e. The summed E-state index contributed by atoms with van der Waals surface area (Å²) in [5.41, 5.74) is 0.402. The Labute approximate surface area is 127 Å². The fourth-order valence-electron chi connectivity index (χ4n) is 1.36. The van der Waals surface area contributed by atoms with Gasteiger partial charge < -0.3 is 10.2 Å². The zero-order valence-corrected chi connectivity index (χ0v) is 12.4. The maximum absolute atomic E-state index is 12.0. The molecular formula is C13H13Cl3N2O. The summed E-state index contributed by atoms with van der Waals surface area (Å²) >= 11 is 17.7. The standard InChI is InChI=1S/C13H13Cl3N2O/c1-3-5-18(6-4-2)13(19)17-12-8-10(15)9(14)7-11(12)16/h3-4,7-8H,1-2,5-6H2,(H,17,19). The molecule has 0 aliphatic rings. The highest BCUT2D eigenvalue weighted by Gasteiger charge is 2.13. The van der Waals surface area contributed by atoms with Crippen molar-refractivity contribution < 1.29 is 4.79 Å². The first-order valence-electron chi connectivity index (χ1n) is 5.41. The first-order chi connectivity index (χ1) is 8.99. The molecule has 0 saturated carbocycles. The van der Waals surface area contributed by atoms with Crippen LogP contribution in [0.2, 0.25) is 15.1 Å². The largest absolute Gasteiger partial charge is 0.322 e. The van der Waals surface area contributed by atoms with Crippen LogP contribution in [-0.2, 0) is 0 Å². The highest BCUT2D eigenvalue weighted by molar-refractivity contribution is 6.44. The molecule has 2 amide bonds. The summed E-state index contributed by atoms with van der Waals surface area (Å²) in [6, 6.07) is 2.66. The summed E-state index contributed by atoms with van der Waals surface area (Å²) in [6.45, 7) is 7.99. The van der Waals surface area contributed by atoms with Gasteiger partial charge in [-0.15, -0.1) is 13.2 Å². The normalized spacial score (nSPS) is 9.84. The summed E-state index contributed by atoms with van der Waals surface area (Å²) in [4.78, 5) is 13.5. The van der Waals surface area contributed by atoms with Crippen molar-refractivity contribution in [2.75, 3.05) is 18.4 Å². The van der Waals surface area contributed by atoms with Crippen molar-refractivity contribution in [3.8, 4) is 0 Å². The van der Waals surface area contributed by atoms with Gasteiger partial charge in [-0.3, -0.25) is 0 Å². The quantitative estimate of drug-likeness (QED) is 0.610. The number of hydrogen-bond donors (Lipinski definition) is 1. The topological polar surface area (TPSA) is 32.3 Å². The van der Waals surface area contributed by atoms with Gasteiger partial charge in [-0.2, -0.15) is 0 Å². The van der Waals surface area contributed by atoms with E-state index in [9.17, 15) is 4.79 Å². The number of urea groups is 1. The number of hydrogen-bond acceptors (Lipinski definition) is 1. The van der Waals surface area contributed by atoms with Crippen LogP contribution in [0.5, 0.6) is 0 Å². The third kappa shape index (κ3) is 4.46. The Bertz CT molecular complexity index is 493. The lowest BCUT2D eigenvalue weighted by Gasteiger charge is -2.20. The van der Waals surface area contributed by atoms with Crippen LogP contribution in [0.15, 0.2) is 37.4 Å². The predicted molar refractivity (Wildman–Crippen MR) is 82.5 cm³/mol. The van der Waals surface area contributed by atoms with Gasteiger partial charge in [0.15, 0.2) is 0 Å². The Morgan fingerprint density at radius 3 is 2.16 bits per heavy atom. The SMILES string of the molecule is C=CCN(CC=C)C(=O)Nc1cc(Cl)c(Cl)cc1Cl. The van der Waals surface area contributed by atoms with Gasteiger partial charge in [0.2, 0.25) is 0 Å². The molecule has 6 heteroatoms. The smallest absolute Gasteiger partial charge is 0.317 e. The van der Waals surface area contributed by atoms with E-state index in [1.165, 1.54) is 17.0 Å². The van der Waals surface area contributed by atoms with Crippen molar-refractivity contribution in [3.05, 3.63) is 52.5 Å². The lowest BCUT2D eigenvalue weighted by molar-refractivity contribution is 0.222. The minimum atomic E-state index is -0.319. The van der Waals surface area contributed by atoms with E-state index in [1.54, 1.807) is 12.2 Å². The van der Waals surface area contributed by atoms with Crippen LogP contribution < -0.4 is 5.32 Å².